The minimum Gasteiger partial charge on any atom is -0.482 e. The Kier molecular flexibility index (Phi) is 6.15. The van der Waals surface area contributed by atoms with Gasteiger partial charge in [0.2, 0.25) is 5.91 Å². The second-order valence-electron chi connectivity index (χ2n) is 5.35. The Bertz CT molecular complexity index is 956. The summed E-state index contributed by atoms with van der Waals surface area (Å²) in [5.41, 5.74) is 0.394. The second-order valence-corrected chi connectivity index (χ2v) is 6.68. The molecule has 140 valence electrons. The van der Waals surface area contributed by atoms with Crippen LogP contribution in [-0.4, -0.2) is 32.3 Å². The summed E-state index contributed by atoms with van der Waals surface area (Å²) < 4.78 is 12.5. The number of thioether (sulfide) groups is 1. The van der Waals surface area contributed by atoms with Crippen LogP contribution in [0, 0.1) is 0 Å². The lowest BCUT2D eigenvalue weighted by Crippen LogP contribution is -2.32. The van der Waals surface area contributed by atoms with Crippen LogP contribution in [0.15, 0.2) is 52.2 Å². The number of nitrogens with one attached hydrogen (secondary N) is 1. The number of hydrogen-bond donors (Lipinski definition) is 1. The number of nitrogens with zero attached hydrogens (tertiary/aromatic N) is 3. The molecule has 27 heavy (non-hydrogen) atoms. The Labute approximate surface area is 163 Å². The quantitative estimate of drug-likeness (QED) is 0.602. The first-order valence-corrected chi connectivity index (χ1v) is 9.17. The summed E-state index contributed by atoms with van der Waals surface area (Å²) in [5, 5.41) is 10.7. The van der Waals surface area contributed by atoms with Crippen LogP contribution in [0.5, 0.6) is 5.75 Å². The Morgan fingerprint density at radius 3 is 2.81 bits per heavy atom. The number of para-hydroxylation sites is 1. The van der Waals surface area contributed by atoms with Crippen molar-refractivity contribution in [1.29, 1.82) is 0 Å². The van der Waals surface area contributed by atoms with E-state index in [0.717, 1.165) is 11.8 Å². The zero-order chi connectivity index (χ0) is 19.2. The molecule has 0 atom stereocenters. The largest absolute Gasteiger partial charge is 0.482 e. The first-order chi connectivity index (χ1) is 13.0. The van der Waals surface area contributed by atoms with E-state index in [1.807, 2.05) is 0 Å². The number of carbonyl (C=O) groups excluding carboxylic acids is 2. The Balaban J connectivity index is 1.46. The smallest absolute Gasteiger partial charge is 0.277 e. The molecule has 3 aromatic rings. The number of imide groups is 1. The molecule has 0 aliphatic heterocycles. The highest BCUT2D eigenvalue weighted by Gasteiger charge is 2.15. The molecular formula is C17H15ClN4O4S. The lowest BCUT2D eigenvalue weighted by Gasteiger charge is -2.04. The van der Waals surface area contributed by atoms with E-state index in [9.17, 15) is 9.59 Å². The van der Waals surface area contributed by atoms with Gasteiger partial charge in [0.1, 0.15) is 11.4 Å². The molecule has 0 saturated heterocycles. The summed E-state index contributed by atoms with van der Waals surface area (Å²) in [5.74, 6) is -0.211. The molecular weight excluding hydrogens is 392 g/mol. The average Bonchev–Trinajstić information content (AvgIpc) is 3.28. The van der Waals surface area contributed by atoms with E-state index in [0.29, 0.717) is 16.5 Å². The summed E-state index contributed by atoms with van der Waals surface area (Å²) in [6, 6.07) is 10.4. The third-order valence-electron chi connectivity index (χ3n) is 3.39. The van der Waals surface area contributed by atoms with E-state index in [4.69, 9.17) is 20.8 Å². The average molecular weight is 407 g/mol. The molecule has 0 saturated carbocycles. The zero-order valence-corrected chi connectivity index (χ0v) is 15.8. The van der Waals surface area contributed by atoms with Crippen molar-refractivity contribution in [2.24, 2.45) is 7.05 Å². The molecule has 2 aromatic heterocycles. The molecule has 0 aliphatic rings. The summed E-state index contributed by atoms with van der Waals surface area (Å²) in [7, 11) is 1.72. The summed E-state index contributed by atoms with van der Waals surface area (Å²) >= 11 is 7.02. The van der Waals surface area contributed by atoms with Crippen LogP contribution in [0.3, 0.4) is 0 Å². The Morgan fingerprint density at radius 1 is 1.26 bits per heavy atom. The van der Waals surface area contributed by atoms with Gasteiger partial charge in [0.25, 0.3) is 17.0 Å². The lowest BCUT2D eigenvalue weighted by molar-refractivity contribution is -0.117. The minimum atomic E-state index is -0.465. The van der Waals surface area contributed by atoms with Crippen molar-refractivity contribution >= 4 is 35.2 Å². The van der Waals surface area contributed by atoms with Crippen LogP contribution in [0.1, 0.15) is 16.4 Å². The van der Waals surface area contributed by atoms with Gasteiger partial charge in [0, 0.05) is 13.2 Å². The van der Waals surface area contributed by atoms with Crippen molar-refractivity contribution in [1.82, 2.24) is 20.1 Å². The highest BCUT2D eigenvalue weighted by molar-refractivity contribution is 7.99. The van der Waals surface area contributed by atoms with Crippen LogP contribution in [0.4, 0.5) is 0 Å². The van der Waals surface area contributed by atoms with Crippen LogP contribution in [-0.2, 0) is 18.4 Å². The molecule has 0 aliphatic carbocycles. The molecule has 3 rings (SSSR count). The third-order valence-corrected chi connectivity index (χ3v) is 4.52. The third kappa shape index (κ3) is 5.11. The Morgan fingerprint density at radius 2 is 2.07 bits per heavy atom. The number of aryl methyl sites for hydroxylation is 1. The first-order valence-electron chi connectivity index (χ1n) is 7.81. The molecule has 0 spiro atoms. The number of aromatic nitrogens is 3. The predicted octanol–water partition coefficient (Wildman–Crippen LogP) is 2.69. The molecule has 1 N–H and O–H groups in total. The van der Waals surface area contributed by atoms with Crippen LogP contribution >= 0.6 is 23.4 Å². The minimum absolute atomic E-state index is 0.0385. The fraction of sp³-hybridized carbons (Fsp3) is 0.176. The normalized spacial score (nSPS) is 10.6. The van der Waals surface area contributed by atoms with Gasteiger partial charge in [-0.3, -0.25) is 14.9 Å². The van der Waals surface area contributed by atoms with Gasteiger partial charge >= 0.3 is 0 Å². The molecule has 10 heteroatoms. The van der Waals surface area contributed by atoms with Crippen molar-refractivity contribution in [2.45, 2.75) is 11.8 Å². The molecule has 0 fully saturated rings. The highest BCUT2D eigenvalue weighted by atomic mass is 35.5. The molecule has 0 bridgehead atoms. The molecule has 1 aromatic carbocycles. The molecule has 2 heterocycles. The van der Waals surface area contributed by atoms with E-state index in [1.54, 1.807) is 54.2 Å². The summed E-state index contributed by atoms with van der Waals surface area (Å²) in [4.78, 5) is 23.9. The van der Waals surface area contributed by atoms with Crippen LogP contribution in [0.2, 0.25) is 5.02 Å². The summed E-state index contributed by atoms with van der Waals surface area (Å²) in [6.07, 6.45) is 1.72. The lowest BCUT2D eigenvalue weighted by atomic mass is 10.3. The SMILES string of the molecule is Cn1cccc1C(=O)NC(=O)CSc1nnc(COc2ccccc2Cl)o1. The first kappa shape index (κ1) is 19.0. The maximum absolute atomic E-state index is 12.0. The number of halogens is 1. The number of benzene rings is 1. The van der Waals surface area contributed by atoms with Gasteiger partial charge in [-0.05, 0) is 24.3 Å². The van der Waals surface area contributed by atoms with Crippen LogP contribution < -0.4 is 10.1 Å². The van der Waals surface area contributed by atoms with Crippen molar-refractivity contribution in [3.63, 3.8) is 0 Å². The standard InChI is InChI=1S/C17H15ClN4O4S/c1-22-8-4-6-12(22)16(24)19-14(23)10-27-17-21-20-15(26-17)9-25-13-7-3-2-5-11(13)18/h2-8H,9-10H2,1H3,(H,19,23,24). The predicted molar refractivity (Wildman–Crippen MR) is 98.7 cm³/mol. The number of carbonyl (C=O) groups is 2. The van der Waals surface area contributed by atoms with E-state index < -0.39 is 11.8 Å². The van der Waals surface area contributed by atoms with Gasteiger partial charge in [0.05, 0.1) is 10.8 Å². The van der Waals surface area contributed by atoms with Crippen molar-refractivity contribution in [2.75, 3.05) is 5.75 Å². The van der Waals surface area contributed by atoms with Crippen molar-refractivity contribution in [3.8, 4) is 5.75 Å². The van der Waals surface area contributed by atoms with Gasteiger partial charge < -0.3 is 13.7 Å². The fourth-order valence-electron chi connectivity index (χ4n) is 2.11. The highest BCUT2D eigenvalue weighted by Crippen LogP contribution is 2.24. The molecule has 8 nitrogen and oxygen atoms in total. The molecule has 0 radical (unpaired) electrons. The van der Waals surface area contributed by atoms with E-state index in [-0.39, 0.29) is 23.5 Å². The number of amides is 2. The van der Waals surface area contributed by atoms with Gasteiger partial charge in [0.15, 0.2) is 6.61 Å². The summed E-state index contributed by atoms with van der Waals surface area (Å²) in [6.45, 7) is 0.0511. The zero-order valence-electron chi connectivity index (χ0n) is 14.2. The number of rotatable bonds is 7. The van der Waals surface area contributed by atoms with Crippen LogP contribution in [0.25, 0.3) is 0 Å². The van der Waals surface area contributed by atoms with Gasteiger partial charge in [-0.2, -0.15) is 0 Å². The monoisotopic (exact) mass is 406 g/mol. The van der Waals surface area contributed by atoms with Gasteiger partial charge in [-0.25, -0.2) is 0 Å². The fourth-order valence-corrected chi connectivity index (χ4v) is 2.88. The van der Waals surface area contributed by atoms with E-state index >= 15 is 0 Å². The van der Waals surface area contributed by atoms with Crippen molar-refractivity contribution in [3.05, 3.63) is 59.2 Å². The molecule has 0 unspecified atom stereocenters. The van der Waals surface area contributed by atoms with Crippen molar-refractivity contribution < 1.29 is 18.7 Å². The van der Waals surface area contributed by atoms with Gasteiger partial charge in [-0.15, -0.1) is 10.2 Å². The topological polar surface area (TPSA) is 99.2 Å². The number of hydrogen-bond acceptors (Lipinski definition) is 7. The maximum Gasteiger partial charge on any atom is 0.277 e. The van der Waals surface area contributed by atoms with E-state index in [1.165, 1.54) is 0 Å². The van der Waals surface area contributed by atoms with E-state index in [2.05, 4.69) is 15.5 Å². The maximum atomic E-state index is 12.0. The Hall–Kier alpha value is -2.78. The number of ether oxygens (including phenoxy) is 1. The van der Waals surface area contributed by atoms with Gasteiger partial charge in [-0.1, -0.05) is 35.5 Å². The molecule has 2 amide bonds. The second kappa shape index (κ2) is 8.74.